The zero-order valence-electron chi connectivity index (χ0n) is 14.4. The van der Waals surface area contributed by atoms with Gasteiger partial charge in [0.1, 0.15) is 0 Å². The molecule has 1 N–H and O–H groups in total. The Labute approximate surface area is 140 Å². The van der Waals surface area contributed by atoms with Gasteiger partial charge in [-0.05, 0) is 37.2 Å². The minimum absolute atomic E-state index is 0.383. The first kappa shape index (κ1) is 16.5. The van der Waals surface area contributed by atoms with E-state index in [1.165, 1.54) is 25.1 Å². The van der Waals surface area contributed by atoms with Crippen LogP contribution in [0.3, 0.4) is 0 Å². The summed E-state index contributed by atoms with van der Waals surface area (Å²) in [5, 5.41) is 11.7. The molecular weight excluding hydrogens is 284 g/mol. The molecule has 1 fully saturated rings. The number of benzene rings is 1. The number of rotatable bonds is 5. The largest absolute Gasteiger partial charge is 0.385 e. The van der Waals surface area contributed by atoms with E-state index in [1.54, 1.807) is 0 Å². The predicted octanol–water partition coefficient (Wildman–Crippen LogP) is 3.97. The number of nitrogens with zero attached hydrogens (tertiary/aromatic N) is 2. The SMILES string of the molecule is CN1CCCN=C1CCC(O)(c1ccccc1)C1CCCCC1. The summed E-state index contributed by atoms with van der Waals surface area (Å²) in [5.74, 6) is 1.55. The predicted molar refractivity (Wildman–Crippen MR) is 95.7 cm³/mol. The van der Waals surface area contributed by atoms with Crippen LogP contribution in [0.4, 0.5) is 0 Å². The lowest BCUT2D eigenvalue weighted by atomic mass is 9.71. The molecule has 0 aromatic heterocycles. The van der Waals surface area contributed by atoms with Crippen molar-refractivity contribution in [2.75, 3.05) is 20.1 Å². The van der Waals surface area contributed by atoms with Crippen LogP contribution in [0.15, 0.2) is 35.3 Å². The third kappa shape index (κ3) is 3.77. The van der Waals surface area contributed by atoms with Gasteiger partial charge in [0.15, 0.2) is 0 Å². The van der Waals surface area contributed by atoms with Gasteiger partial charge >= 0.3 is 0 Å². The number of hydrogen-bond acceptors (Lipinski definition) is 3. The van der Waals surface area contributed by atoms with Crippen LogP contribution in [0, 0.1) is 5.92 Å². The first-order valence-electron chi connectivity index (χ1n) is 9.22. The molecule has 1 aliphatic heterocycles. The van der Waals surface area contributed by atoms with Gasteiger partial charge in [-0.15, -0.1) is 0 Å². The Bertz CT molecular complexity index is 522. The fraction of sp³-hybridized carbons (Fsp3) is 0.650. The Kier molecular flexibility index (Phi) is 5.37. The molecule has 126 valence electrons. The van der Waals surface area contributed by atoms with Crippen molar-refractivity contribution >= 4 is 5.84 Å². The maximum absolute atomic E-state index is 11.7. The van der Waals surface area contributed by atoms with Gasteiger partial charge in [0.05, 0.1) is 11.4 Å². The quantitative estimate of drug-likeness (QED) is 0.892. The normalized spacial score (nSPS) is 22.5. The lowest BCUT2D eigenvalue weighted by molar-refractivity contribution is -0.0449. The monoisotopic (exact) mass is 314 g/mol. The summed E-state index contributed by atoms with van der Waals surface area (Å²) in [6.45, 7) is 2.03. The second-order valence-corrected chi connectivity index (χ2v) is 7.20. The van der Waals surface area contributed by atoms with Crippen LogP contribution in [0.2, 0.25) is 0 Å². The van der Waals surface area contributed by atoms with E-state index >= 15 is 0 Å². The summed E-state index contributed by atoms with van der Waals surface area (Å²) in [4.78, 5) is 6.94. The fourth-order valence-corrected chi connectivity index (χ4v) is 4.23. The first-order valence-corrected chi connectivity index (χ1v) is 9.22. The molecule has 1 aliphatic carbocycles. The Morgan fingerprint density at radius 1 is 1.13 bits per heavy atom. The molecule has 23 heavy (non-hydrogen) atoms. The van der Waals surface area contributed by atoms with Crippen molar-refractivity contribution in [2.24, 2.45) is 10.9 Å². The maximum Gasteiger partial charge on any atom is 0.0987 e. The van der Waals surface area contributed by atoms with E-state index in [2.05, 4.69) is 29.1 Å². The average molecular weight is 314 g/mol. The van der Waals surface area contributed by atoms with Crippen LogP contribution in [0.1, 0.15) is 56.9 Å². The van der Waals surface area contributed by atoms with E-state index in [1.807, 2.05) is 18.2 Å². The molecule has 3 rings (SSSR count). The Hall–Kier alpha value is -1.35. The van der Waals surface area contributed by atoms with Crippen LogP contribution >= 0.6 is 0 Å². The molecule has 0 bridgehead atoms. The molecule has 0 saturated heterocycles. The van der Waals surface area contributed by atoms with Crippen molar-refractivity contribution in [2.45, 2.75) is 57.0 Å². The Morgan fingerprint density at radius 2 is 1.87 bits per heavy atom. The first-order chi connectivity index (χ1) is 11.2. The molecule has 3 heteroatoms. The summed E-state index contributed by atoms with van der Waals surface area (Å²) in [6.07, 6.45) is 8.91. The van der Waals surface area contributed by atoms with E-state index in [9.17, 15) is 5.11 Å². The standard InChI is InChI=1S/C20H30N2O/c1-22-16-8-15-21-19(22)13-14-20(23,17-9-4-2-5-10-17)18-11-6-3-7-12-18/h2,4-5,9-10,18,23H,3,6-8,11-16H2,1H3. The highest BCUT2D eigenvalue weighted by Gasteiger charge is 2.38. The topological polar surface area (TPSA) is 35.8 Å². The van der Waals surface area contributed by atoms with Crippen LogP contribution in [0.5, 0.6) is 0 Å². The molecular formula is C20H30N2O. The van der Waals surface area contributed by atoms with E-state index < -0.39 is 5.60 Å². The van der Waals surface area contributed by atoms with Crippen LogP contribution in [-0.2, 0) is 5.60 Å². The van der Waals surface area contributed by atoms with Crippen molar-refractivity contribution in [3.05, 3.63) is 35.9 Å². The molecule has 1 saturated carbocycles. The summed E-state index contributed by atoms with van der Waals surface area (Å²) < 4.78 is 0. The molecule has 0 amide bonds. The van der Waals surface area contributed by atoms with Gasteiger partial charge in [0.2, 0.25) is 0 Å². The lowest BCUT2D eigenvalue weighted by Crippen LogP contribution is -2.39. The number of hydrogen-bond donors (Lipinski definition) is 1. The summed E-state index contributed by atoms with van der Waals surface area (Å²) in [5.41, 5.74) is 0.383. The van der Waals surface area contributed by atoms with Crippen LogP contribution in [0.25, 0.3) is 0 Å². The molecule has 0 radical (unpaired) electrons. The molecule has 2 aliphatic rings. The summed E-state index contributed by atoms with van der Waals surface area (Å²) >= 11 is 0. The Morgan fingerprint density at radius 3 is 2.57 bits per heavy atom. The van der Waals surface area contributed by atoms with Gasteiger partial charge in [-0.2, -0.15) is 0 Å². The minimum atomic E-state index is -0.706. The molecule has 1 aromatic carbocycles. The lowest BCUT2D eigenvalue weighted by Gasteiger charge is -2.40. The van der Waals surface area contributed by atoms with Crippen molar-refractivity contribution in [3.63, 3.8) is 0 Å². The molecule has 0 spiro atoms. The van der Waals surface area contributed by atoms with Gasteiger partial charge in [0, 0.05) is 26.6 Å². The van der Waals surface area contributed by atoms with Gasteiger partial charge in [-0.3, -0.25) is 4.99 Å². The molecule has 1 aromatic rings. The van der Waals surface area contributed by atoms with Gasteiger partial charge < -0.3 is 10.0 Å². The van der Waals surface area contributed by atoms with Crippen molar-refractivity contribution in [1.29, 1.82) is 0 Å². The van der Waals surface area contributed by atoms with Crippen molar-refractivity contribution < 1.29 is 5.11 Å². The average Bonchev–Trinajstić information content (AvgIpc) is 2.62. The Balaban J connectivity index is 1.79. The number of aliphatic hydroxyl groups is 1. The molecule has 1 heterocycles. The zero-order chi connectivity index (χ0) is 16.1. The van der Waals surface area contributed by atoms with Crippen molar-refractivity contribution in [3.8, 4) is 0 Å². The third-order valence-corrected chi connectivity index (χ3v) is 5.67. The van der Waals surface area contributed by atoms with Crippen molar-refractivity contribution in [1.82, 2.24) is 4.90 Å². The molecule has 1 atom stereocenters. The summed E-state index contributed by atoms with van der Waals surface area (Å²) in [6, 6.07) is 10.3. The number of amidine groups is 1. The third-order valence-electron chi connectivity index (χ3n) is 5.67. The van der Waals surface area contributed by atoms with E-state index in [-0.39, 0.29) is 0 Å². The molecule has 1 unspecified atom stereocenters. The van der Waals surface area contributed by atoms with E-state index in [0.29, 0.717) is 5.92 Å². The second kappa shape index (κ2) is 7.48. The summed E-state index contributed by atoms with van der Waals surface area (Å²) in [7, 11) is 2.13. The van der Waals surface area contributed by atoms with E-state index in [4.69, 9.17) is 0 Å². The second-order valence-electron chi connectivity index (χ2n) is 7.20. The fourth-order valence-electron chi connectivity index (χ4n) is 4.23. The maximum atomic E-state index is 11.7. The van der Waals surface area contributed by atoms with Gasteiger partial charge in [-0.1, -0.05) is 49.6 Å². The highest BCUT2D eigenvalue weighted by atomic mass is 16.3. The number of aliphatic imine (C=N–C) groups is 1. The smallest absolute Gasteiger partial charge is 0.0987 e. The van der Waals surface area contributed by atoms with Gasteiger partial charge in [-0.25, -0.2) is 0 Å². The zero-order valence-corrected chi connectivity index (χ0v) is 14.4. The van der Waals surface area contributed by atoms with Gasteiger partial charge in [0.25, 0.3) is 0 Å². The highest BCUT2D eigenvalue weighted by molar-refractivity contribution is 5.82. The highest BCUT2D eigenvalue weighted by Crippen LogP contribution is 2.42. The minimum Gasteiger partial charge on any atom is -0.385 e. The van der Waals surface area contributed by atoms with Crippen LogP contribution in [-0.4, -0.2) is 36.0 Å². The molecule has 3 nitrogen and oxygen atoms in total. The van der Waals surface area contributed by atoms with Crippen LogP contribution < -0.4 is 0 Å². The van der Waals surface area contributed by atoms with E-state index in [0.717, 1.165) is 50.8 Å².